The summed E-state index contributed by atoms with van der Waals surface area (Å²) in [4.78, 5) is 34.1. The molecule has 2 aromatic rings. The molecule has 0 saturated heterocycles. The molecular formula is C20H23N3O5. The number of non-ortho nitro benzene ring substituents is 1. The highest BCUT2D eigenvalue weighted by atomic mass is 16.6. The number of nitro groups is 1. The summed E-state index contributed by atoms with van der Waals surface area (Å²) in [7, 11) is 0. The number of hydrogen-bond acceptors (Lipinski definition) is 5. The largest absolute Gasteiger partial charge is 0.489 e. The lowest BCUT2D eigenvalue weighted by Crippen LogP contribution is -2.48. The van der Waals surface area contributed by atoms with E-state index in [1.165, 1.54) is 24.3 Å². The highest BCUT2D eigenvalue weighted by Gasteiger charge is 2.24. The zero-order valence-electron chi connectivity index (χ0n) is 15.8. The lowest BCUT2D eigenvalue weighted by atomic mass is 9.98. The minimum atomic E-state index is -0.720. The average Bonchev–Trinajstić information content (AvgIpc) is 2.70. The first-order valence-corrected chi connectivity index (χ1v) is 8.88. The Hall–Kier alpha value is -3.42. The van der Waals surface area contributed by atoms with Crippen molar-refractivity contribution in [3.63, 3.8) is 0 Å². The van der Waals surface area contributed by atoms with Crippen molar-refractivity contribution in [2.45, 2.75) is 32.9 Å². The van der Waals surface area contributed by atoms with E-state index in [0.29, 0.717) is 17.7 Å². The van der Waals surface area contributed by atoms with Crippen molar-refractivity contribution < 1.29 is 19.2 Å². The van der Waals surface area contributed by atoms with Crippen LogP contribution in [0, 0.1) is 16.0 Å². The van der Waals surface area contributed by atoms with Gasteiger partial charge in [-0.05, 0) is 35.7 Å². The van der Waals surface area contributed by atoms with Crippen molar-refractivity contribution >= 4 is 17.5 Å². The van der Waals surface area contributed by atoms with E-state index in [-0.39, 0.29) is 24.1 Å². The van der Waals surface area contributed by atoms with E-state index in [1.54, 1.807) is 24.3 Å². The number of amides is 2. The summed E-state index contributed by atoms with van der Waals surface area (Å²) >= 11 is 0. The van der Waals surface area contributed by atoms with Gasteiger partial charge in [0.2, 0.25) is 5.91 Å². The highest BCUT2D eigenvalue weighted by molar-refractivity contribution is 5.97. The van der Waals surface area contributed by atoms with Gasteiger partial charge < -0.3 is 15.8 Å². The molecule has 0 aliphatic carbocycles. The number of nitrogens with zero attached hydrogens (tertiary/aromatic N) is 1. The van der Waals surface area contributed by atoms with E-state index in [2.05, 4.69) is 5.32 Å². The minimum absolute atomic E-state index is 0.00521. The fourth-order valence-corrected chi connectivity index (χ4v) is 2.54. The third-order valence-electron chi connectivity index (χ3n) is 4.48. The lowest BCUT2D eigenvalue weighted by Gasteiger charge is -2.21. The van der Waals surface area contributed by atoms with Gasteiger partial charge in [-0.15, -0.1) is 0 Å². The summed E-state index contributed by atoms with van der Waals surface area (Å²) in [5, 5.41) is 13.3. The monoisotopic (exact) mass is 385 g/mol. The number of nitrogens with one attached hydrogen (secondary N) is 1. The molecule has 0 aromatic heterocycles. The predicted octanol–water partition coefficient (Wildman–Crippen LogP) is 2.80. The van der Waals surface area contributed by atoms with Crippen LogP contribution in [0.4, 0.5) is 5.69 Å². The maximum Gasteiger partial charge on any atom is 0.269 e. The molecule has 28 heavy (non-hydrogen) atoms. The summed E-state index contributed by atoms with van der Waals surface area (Å²) in [6.45, 7) is 4.03. The molecule has 2 unspecified atom stereocenters. The molecule has 148 valence electrons. The van der Waals surface area contributed by atoms with Crippen molar-refractivity contribution in [2.24, 2.45) is 11.7 Å². The van der Waals surface area contributed by atoms with Crippen LogP contribution in [0.3, 0.4) is 0 Å². The van der Waals surface area contributed by atoms with Gasteiger partial charge in [-0.1, -0.05) is 32.4 Å². The zero-order chi connectivity index (χ0) is 20.7. The second kappa shape index (κ2) is 9.50. The SMILES string of the molecule is CCC(C)C(NC(=O)c1ccc(COc2ccc([N+](=O)[O-])cc2)cc1)C(N)=O. The highest BCUT2D eigenvalue weighted by Crippen LogP contribution is 2.18. The number of benzene rings is 2. The van der Waals surface area contributed by atoms with Crippen LogP contribution >= 0.6 is 0 Å². The number of primary amides is 1. The molecule has 0 radical (unpaired) electrons. The molecule has 0 aliphatic heterocycles. The van der Waals surface area contributed by atoms with Crippen LogP contribution in [0.5, 0.6) is 5.75 Å². The quantitative estimate of drug-likeness (QED) is 0.507. The molecule has 0 spiro atoms. The van der Waals surface area contributed by atoms with Crippen molar-refractivity contribution in [3.8, 4) is 5.75 Å². The van der Waals surface area contributed by atoms with Crippen LogP contribution in [0.25, 0.3) is 0 Å². The van der Waals surface area contributed by atoms with Gasteiger partial charge >= 0.3 is 0 Å². The molecule has 0 aliphatic rings. The number of carbonyl (C=O) groups excluding carboxylic acids is 2. The average molecular weight is 385 g/mol. The summed E-state index contributed by atoms with van der Waals surface area (Å²) in [6.07, 6.45) is 0.715. The van der Waals surface area contributed by atoms with Crippen molar-refractivity contribution in [1.29, 1.82) is 0 Å². The fourth-order valence-electron chi connectivity index (χ4n) is 2.54. The Balaban J connectivity index is 1.95. The number of ether oxygens (including phenoxy) is 1. The van der Waals surface area contributed by atoms with Crippen molar-refractivity contribution in [3.05, 3.63) is 69.8 Å². The van der Waals surface area contributed by atoms with E-state index in [4.69, 9.17) is 10.5 Å². The molecular weight excluding hydrogens is 362 g/mol. The first kappa shape index (κ1) is 20.9. The number of rotatable bonds is 9. The van der Waals surface area contributed by atoms with Crippen LogP contribution in [-0.4, -0.2) is 22.8 Å². The Morgan fingerprint density at radius 2 is 1.75 bits per heavy atom. The number of carbonyl (C=O) groups is 2. The number of nitrogens with two attached hydrogens (primary N) is 1. The van der Waals surface area contributed by atoms with Gasteiger partial charge in [0.15, 0.2) is 0 Å². The Morgan fingerprint density at radius 1 is 1.14 bits per heavy atom. The topological polar surface area (TPSA) is 125 Å². The van der Waals surface area contributed by atoms with Gasteiger partial charge in [-0.25, -0.2) is 0 Å². The van der Waals surface area contributed by atoms with Crippen LogP contribution < -0.4 is 15.8 Å². The first-order chi connectivity index (χ1) is 13.3. The Morgan fingerprint density at radius 3 is 2.25 bits per heavy atom. The molecule has 2 amide bonds. The number of hydrogen-bond donors (Lipinski definition) is 2. The number of nitro benzene ring substituents is 1. The molecule has 8 nitrogen and oxygen atoms in total. The van der Waals surface area contributed by atoms with Crippen LogP contribution in [-0.2, 0) is 11.4 Å². The summed E-state index contributed by atoms with van der Waals surface area (Å²) < 4.78 is 5.58. The van der Waals surface area contributed by atoms with E-state index in [1.807, 2.05) is 13.8 Å². The van der Waals surface area contributed by atoms with Gasteiger partial charge in [0.05, 0.1) is 4.92 Å². The van der Waals surface area contributed by atoms with Gasteiger partial charge in [0.1, 0.15) is 18.4 Å². The van der Waals surface area contributed by atoms with Crippen LogP contribution in [0.15, 0.2) is 48.5 Å². The predicted molar refractivity (Wildman–Crippen MR) is 104 cm³/mol. The third-order valence-corrected chi connectivity index (χ3v) is 4.48. The van der Waals surface area contributed by atoms with E-state index in [9.17, 15) is 19.7 Å². The van der Waals surface area contributed by atoms with Gasteiger partial charge in [-0.2, -0.15) is 0 Å². The second-order valence-corrected chi connectivity index (χ2v) is 6.48. The fraction of sp³-hybridized carbons (Fsp3) is 0.300. The maximum atomic E-state index is 12.4. The zero-order valence-corrected chi connectivity index (χ0v) is 15.8. The van der Waals surface area contributed by atoms with E-state index >= 15 is 0 Å². The first-order valence-electron chi connectivity index (χ1n) is 8.88. The minimum Gasteiger partial charge on any atom is -0.489 e. The van der Waals surface area contributed by atoms with Gasteiger partial charge in [0, 0.05) is 17.7 Å². The molecule has 0 bridgehead atoms. The normalized spacial score (nSPS) is 12.6. The molecule has 0 heterocycles. The van der Waals surface area contributed by atoms with Crippen LogP contribution in [0.2, 0.25) is 0 Å². The van der Waals surface area contributed by atoms with Crippen molar-refractivity contribution in [2.75, 3.05) is 0 Å². The molecule has 8 heteroatoms. The smallest absolute Gasteiger partial charge is 0.269 e. The molecule has 0 fully saturated rings. The Bertz CT molecular complexity index is 834. The van der Waals surface area contributed by atoms with Crippen molar-refractivity contribution in [1.82, 2.24) is 5.32 Å². The standard InChI is InChI=1S/C20H23N3O5/c1-3-13(2)18(19(21)24)22-20(25)15-6-4-14(5-7-15)12-28-17-10-8-16(9-11-17)23(26)27/h4-11,13,18H,3,12H2,1-2H3,(H2,21,24)(H,22,25). The Kier molecular flexibility index (Phi) is 7.08. The van der Waals surface area contributed by atoms with Gasteiger partial charge in [0.25, 0.3) is 11.6 Å². The summed E-state index contributed by atoms with van der Waals surface area (Å²) in [5.74, 6) is -0.483. The van der Waals surface area contributed by atoms with E-state index < -0.39 is 16.9 Å². The summed E-state index contributed by atoms with van der Waals surface area (Å²) in [6, 6.07) is 11.8. The molecule has 2 rings (SSSR count). The third kappa shape index (κ3) is 5.54. The van der Waals surface area contributed by atoms with Gasteiger partial charge in [-0.3, -0.25) is 19.7 Å². The van der Waals surface area contributed by atoms with E-state index in [0.717, 1.165) is 5.56 Å². The summed E-state index contributed by atoms with van der Waals surface area (Å²) in [5.41, 5.74) is 6.60. The molecule has 2 aromatic carbocycles. The second-order valence-electron chi connectivity index (χ2n) is 6.48. The molecule has 2 atom stereocenters. The lowest BCUT2D eigenvalue weighted by molar-refractivity contribution is -0.384. The molecule has 0 saturated carbocycles. The maximum absolute atomic E-state index is 12.4. The molecule has 3 N–H and O–H groups in total. The Labute approximate surface area is 162 Å². The van der Waals surface area contributed by atoms with Crippen LogP contribution in [0.1, 0.15) is 36.2 Å².